The first kappa shape index (κ1) is 13.9. The average Bonchev–Trinajstić information content (AvgIpc) is 2.90. The van der Waals surface area contributed by atoms with Gasteiger partial charge in [-0.25, -0.2) is 0 Å². The van der Waals surface area contributed by atoms with E-state index in [1.165, 1.54) is 4.88 Å². The van der Waals surface area contributed by atoms with Crippen molar-refractivity contribution in [2.24, 2.45) is 5.73 Å². The van der Waals surface area contributed by atoms with E-state index in [0.29, 0.717) is 10.6 Å². The quantitative estimate of drug-likeness (QED) is 0.664. The van der Waals surface area contributed by atoms with Gasteiger partial charge in [0.2, 0.25) is 0 Å². The van der Waals surface area contributed by atoms with E-state index in [9.17, 15) is 0 Å². The molecule has 3 nitrogen and oxygen atoms in total. The van der Waals surface area contributed by atoms with Gasteiger partial charge in [-0.15, -0.1) is 11.3 Å². The maximum atomic E-state index is 7.67. The zero-order chi connectivity index (χ0) is 14.0. The van der Waals surface area contributed by atoms with E-state index in [1.54, 1.807) is 23.5 Å². The van der Waals surface area contributed by atoms with Crippen LogP contribution >= 0.6 is 22.9 Å². The van der Waals surface area contributed by atoms with E-state index >= 15 is 0 Å². The predicted molar refractivity (Wildman–Crippen MR) is 83.6 cm³/mol. The van der Waals surface area contributed by atoms with Crippen molar-refractivity contribution in [1.82, 2.24) is 0 Å². The zero-order valence-electron chi connectivity index (χ0n) is 10.9. The Labute approximate surface area is 122 Å². The summed E-state index contributed by atoms with van der Waals surface area (Å²) < 4.78 is 0. The number of nitrogens with one attached hydrogen (secondary N) is 1. The Hall–Kier alpha value is -1.52. The van der Waals surface area contributed by atoms with Crippen molar-refractivity contribution in [2.75, 3.05) is 11.9 Å². The fourth-order valence-electron chi connectivity index (χ4n) is 1.95. The maximum absolute atomic E-state index is 7.67. The van der Waals surface area contributed by atoms with E-state index in [4.69, 9.17) is 22.7 Å². The standard InChI is InChI=1S/C14H16ClN3S/c1-9(13-4-3-7-19-13)18(2)12-8-10(15)5-6-11(12)14(16)17/h3-9H,1-2H3,(H3,16,17). The van der Waals surface area contributed by atoms with Gasteiger partial charge in [0, 0.05) is 28.2 Å². The molecular formula is C14H16ClN3S. The van der Waals surface area contributed by atoms with E-state index < -0.39 is 0 Å². The average molecular weight is 294 g/mol. The van der Waals surface area contributed by atoms with Crippen LogP contribution in [0.3, 0.4) is 0 Å². The number of nitrogens with zero attached hydrogens (tertiary/aromatic N) is 1. The van der Waals surface area contributed by atoms with Crippen molar-refractivity contribution < 1.29 is 0 Å². The lowest BCUT2D eigenvalue weighted by Crippen LogP contribution is -2.24. The Morgan fingerprint density at radius 1 is 1.42 bits per heavy atom. The molecule has 0 fully saturated rings. The Balaban J connectivity index is 2.40. The minimum absolute atomic E-state index is 0.0527. The number of rotatable bonds is 4. The number of thiophene rings is 1. The molecule has 0 aliphatic carbocycles. The zero-order valence-corrected chi connectivity index (χ0v) is 12.4. The molecule has 3 N–H and O–H groups in total. The third-order valence-electron chi connectivity index (χ3n) is 3.17. The van der Waals surface area contributed by atoms with Crippen LogP contribution in [0, 0.1) is 5.41 Å². The van der Waals surface area contributed by atoms with Crippen molar-refractivity contribution in [2.45, 2.75) is 13.0 Å². The minimum Gasteiger partial charge on any atom is -0.384 e. The second-order valence-corrected chi connectivity index (χ2v) is 5.79. The van der Waals surface area contributed by atoms with Gasteiger partial charge in [-0.05, 0) is 36.6 Å². The predicted octanol–water partition coefficient (Wildman–Crippen LogP) is 3.88. The lowest BCUT2D eigenvalue weighted by molar-refractivity contribution is 0.753. The monoisotopic (exact) mass is 293 g/mol. The largest absolute Gasteiger partial charge is 0.384 e. The number of hydrogen-bond donors (Lipinski definition) is 2. The highest BCUT2D eigenvalue weighted by molar-refractivity contribution is 7.10. The second-order valence-electron chi connectivity index (χ2n) is 4.38. The van der Waals surface area contributed by atoms with Crippen molar-refractivity contribution >= 4 is 34.5 Å². The van der Waals surface area contributed by atoms with Crippen molar-refractivity contribution in [3.05, 3.63) is 51.2 Å². The number of halogens is 1. The number of hydrogen-bond acceptors (Lipinski definition) is 3. The summed E-state index contributed by atoms with van der Waals surface area (Å²) in [4.78, 5) is 3.35. The van der Waals surface area contributed by atoms with E-state index in [2.05, 4.69) is 23.3 Å². The Morgan fingerprint density at radius 3 is 2.74 bits per heavy atom. The molecule has 2 rings (SSSR count). The SMILES string of the molecule is CC(c1cccs1)N(C)c1cc(Cl)ccc1C(=N)N. The normalized spacial score (nSPS) is 12.2. The van der Waals surface area contributed by atoms with Gasteiger partial charge in [0.05, 0.1) is 6.04 Å². The highest BCUT2D eigenvalue weighted by atomic mass is 35.5. The number of nitrogens with two attached hydrogens (primary N) is 1. The molecule has 0 aliphatic heterocycles. The topological polar surface area (TPSA) is 53.1 Å². The van der Waals surface area contributed by atoms with Crippen molar-refractivity contribution in [3.63, 3.8) is 0 Å². The third kappa shape index (κ3) is 2.91. The number of anilines is 1. The van der Waals surface area contributed by atoms with Crippen LogP contribution in [-0.2, 0) is 0 Å². The molecule has 0 spiro atoms. The molecule has 100 valence electrons. The first-order chi connectivity index (χ1) is 9.00. The van der Waals surface area contributed by atoms with E-state index in [-0.39, 0.29) is 11.9 Å². The molecule has 0 bridgehead atoms. The van der Waals surface area contributed by atoms with Gasteiger partial charge in [0.1, 0.15) is 5.84 Å². The molecule has 1 unspecified atom stereocenters. The smallest absolute Gasteiger partial charge is 0.124 e. The summed E-state index contributed by atoms with van der Waals surface area (Å²) >= 11 is 7.77. The Bertz CT molecular complexity index is 580. The molecule has 2 aromatic rings. The molecule has 1 heterocycles. The number of benzene rings is 1. The summed E-state index contributed by atoms with van der Waals surface area (Å²) in [6, 6.07) is 9.74. The molecule has 0 saturated heterocycles. The molecular weight excluding hydrogens is 278 g/mol. The second kappa shape index (κ2) is 5.63. The van der Waals surface area contributed by atoms with Crippen molar-refractivity contribution in [3.8, 4) is 0 Å². The molecule has 1 atom stereocenters. The Morgan fingerprint density at radius 2 is 2.16 bits per heavy atom. The van der Waals surface area contributed by atoms with Crippen LogP contribution in [0.5, 0.6) is 0 Å². The van der Waals surface area contributed by atoms with Gasteiger partial charge in [-0.2, -0.15) is 0 Å². The fraction of sp³-hybridized carbons (Fsp3) is 0.214. The minimum atomic E-state index is 0.0527. The number of amidine groups is 1. The molecule has 0 saturated carbocycles. The van der Waals surface area contributed by atoms with Crippen LogP contribution in [-0.4, -0.2) is 12.9 Å². The first-order valence-electron chi connectivity index (χ1n) is 5.91. The molecule has 1 aromatic carbocycles. The van der Waals surface area contributed by atoms with Crippen LogP contribution in [0.2, 0.25) is 5.02 Å². The van der Waals surface area contributed by atoms with Crippen LogP contribution in [0.1, 0.15) is 23.4 Å². The summed E-state index contributed by atoms with van der Waals surface area (Å²) in [5, 5.41) is 10.4. The summed E-state index contributed by atoms with van der Waals surface area (Å²) in [5.41, 5.74) is 7.22. The van der Waals surface area contributed by atoms with E-state index in [1.807, 2.05) is 19.2 Å². The van der Waals surface area contributed by atoms with Crippen molar-refractivity contribution in [1.29, 1.82) is 5.41 Å². The molecule has 0 amide bonds. The molecule has 0 radical (unpaired) electrons. The highest BCUT2D eigenvalue weighted by Crippen LogP contribution is 2.32. The summed E-state index contributed by atoms with van der Waals surface area (Å²) in [6.07, 6.45) is 0. The lowest BCUT2D eigenvalue weighted by Gasteiger charge is -2.28. The van der Waals surface area contributed by atoms with Gasteiger partial charge in [-0.3, -0.25) is 5.41 Å². The highest BCUT2D eigenvalue weighted by Gasteiger charge is 2.17. The summed E-state index contributed by atoms with van der Waals surface area (Å²) in [7, 11) is 1.99. The fourth-order valence-corrected chi connectivity index (χ4v) is 2.95. The summed E-state index contributed by atoms with van der Waals surface area (Å²) in [5.74, 6) is 0.0527. The molecule has 19 heavy (non-hydrogen) atoms. The van der Waals surface area contributed by atoms with Crippen LogP contribution in [0.25, 0.3) is 0 Å². The van der Waals surface area contributed by atoms with E-state index in [0.717, 1.165) is 5.69 Å². The van der Waals surface area contributed by atoms with Gasteiger partial charge >= 0.3 is 0 Å². The molecule has 0 aliphatic rings. The molecule has 5 heteroatoms. The lowest BCUT2D eigenvalue weighted by atomic mass is 10.1. The van der Waals surface area contributed by atoms with Gasteiger partial charge in [0.25, 0.3) is 0 Å². The van der Waals surface area contributed by atoms with Crippen LogP contribution in [0.15, 0.2) is 35.7 Å². The van der Waals surface area contributed by atoms with Crippen LogP contribution < -0.4 is 10.6 Å². The first-order valence-corrected chi connectivity index (χ1v) is 7.16. The van der Waals surface area contributed by atoms with Gasteiger partial charge < -0.3 is 10.6 Å². The third-order valence-corrected chi connectivity index (χ3v) is 4.44. The molecule has 1 aromatic heterocycles. The van der Waals surface area contributed by atoms with Crippen LogP contribution in [0.4, 0.5) is 5.69 Å². The number of nitrogen functional groups attached to an aromatic ring is 1. The summed E-state index contributed by atoms with van der Waals surface area (Å²) in [6.45, 7) is 2.12. The Kier molecular flexibility index (Phi) is 4.12. The maximum Gasteiger partial charge on any atom is 0.124 e. The van der Waals surface area contributed by atoms with Gasteiger partial charge in [-0.1, -0.05) is 17.7 Å². The van der Waals surface area contributed by atoms with Gasteiger partial charge in [0.15, 0.2) is 0 Å².